The molecule has 2 aromatic rings. The lowest BCUT2D eigenvalue weighted by atomic mass is 10.1. The van der Waals surface area contributed by atoms with E-state index in [4.69, 9.17) is 10.5 Å². The Bertz CT molecular complexity index is 565. The first-order chi connectivity index (χ1) is 9.22. The molecule has 4 heteroatoms. The van der Waals surface area contributed by atoms with Gasteiger partial charge in [0.15, 0.2) is 0 Å². The fourth-order valence-electron chi connectivity index (χ4n) is 1.67. The molecule has 2 N–H and O–H groups in total. The van der Waals surface area contributed by atoms with Crippen LogP contribution in [-0.4, -0.2) is 17.4 Å². The zero-order valence-electron chi connectivity index (χ0n) is 10.8. The monoisotopic (exact) mass is 256 g/mol. The Kier molecular flexibility index (Phi) is 4.13. The smallest absolute Gasteiger partial charge is 0.215 e. The van der Waals surface area contributed by atoms with Crippen molar-refractivity contribution in [2.24, 2.45) is 0 Å². The van der Waals surface area contributed by atoms with Crippen LogP contribution in [0, 0.1) is 0 Å². The number of hydrogen-bond acceptors (Lipinski definition) is 4. The van der Waals surface area contributed by atoms with Gasteiger partial charge in [-0.2, -0.15) is 0 Å². The van der Waals surface area contributed by atoms with Gasteiger partial charge in [-0.25, -0.2) is 0 Å². The summed E-state index contributed by atoms with van der Waals surface area (Å²) in [6, 6.07) is 10.5. The molecule has 0 fully saturated rings. The van der Waals surface area contributed by atoms with Crippen molar-refractivity contribution in [3.8, 4) is 5.75 Å². The molecule has 0 bridgehead atoms. The van der Waals surface area contributed by atoms with Crippen molar-refractivity contribution in [3.63, 3.8) is 0 Å². The van der Waals surface area contributed by atoms with Crippen molar-refractivity contribution in [1.82, 2.24) is 4.98 Å². The molecule has 4 nitrogen and oxygen atoms in total. The van der Waals surface area contributed by atoms with E-state index in [1.54, 1.807) is 24.3 Å². The van der Waals surface area contributed by atoms with Crippen LogP contribution in [0.4, 0.5) is 5.69 Å². The standard InChI is InChI=1S/C15H16N2O2/c1-2-9-19-14-6-4-3-5-12(14)15(18)13-8-7-11(16)10-17-13/h3-8,10H,2,9,16H2,1H3. The number of nitrogens with two attached hydrogens (primary N) is 1. The third-order valence-corrected chi connectivity index (χ3v) is 2.61. The fraction of sp³-hybridized carbons (Fsp3) is 0.200. The van der Waals surface area contributed by atoms with Crippen molar-refractivity contribution in [3.05, 3.63) is 53.9 Å². The Labute approximate surface area is 112 Å². The molecule has 1 aromatic carbocycles. The summed E-state index contributed by atoms with van der Waals surface area (Å²) >= 11 is 0. The molecule has 0 aliphatic rings. The number of rotatable bonds is 5. The minimum atomic E-state index is -0.160. The van der Waals surface area contributed by atoms with Gasteiger partial charge in [0.1, 0.15) is 11.4 Å². The number of carbonyl (C=O) groups excluding carboxylic acids is 1. The second-order valence-corrected chi connectivity index (χ2v) is 4.15. The maximum absolute atomic E-state index is 12.4. The summed E-state index contributed by atoms with van der Waals surface area (Å²) in [7, 11) is 0. The second-order valence-electron chi connectivity index (χ2n) is 4.15. The maximum Gasteiger partial charge on any atom is 0.215 e. The summed E-state index contributed by atoms with van der Waals surface area (Å²) in [5.74, 6) is 0.430. The fourth-order valence-corrected chi connectivity index (χ4v) is 1.67. The molecule has 0 amide bonds. The number of benzene rings is 1. The van der Waals surface area contributed by atoms with Crippen LogP contribution in [0.2, 0.25) is 0 Å². The van der Waals surface area contributed by atoms with Crippen molar-refractivity contribution in [1.29, 1.82) is 0 Å². The molecule has 0 saturated carbocycles. The zero-order chi connectivity index (χ0) is 13.7. The van der Waals surface area contributed by atoms with E-state index in [1.165, 1.54) is 6.20 Å². The molecule has 0 atom stereocenters. The summed E-state index contributed by atoms with van der Waals surface area (Å²) in [6.07, 6.45) is 2.37. The highest BCUT2D eigenvalue weighted by Gasteiger charge is 2.15. The third-order valence-electron chi connectivity index (χ3n) is 2.61. The Balaban J connectivity index is 2.30. The number of pyridine rings is 1. The van der Waals surface area contributed by atoms with Crippen LogP contribution in [0.5, 0.6) is 5.75 Å². The van der Waals surface area contributed by atoms with Gasteiger partial charge in [-0.05, 0) is 30.7 Å². The lowest BCUT2D eigenvalue weighted by molar-refractivity contribution is 0.103. The molecule has 2 rings (SSSR count). The molecule has 0 spiro atoms. The number of nitrogen functional groups attached to an aromatic ring is 1. The number of aromatic nitrogens is 1. The molecule has 0 radical (unpaired) electrons. The van der Waals surface area contributed by atoms with Crippen molar-refractivity contribution in [2.45, 2.75) is 13.3 Å². The average molecular weight is 256 g/mol. The zero-order valence-corrected chi connectivity index (χ0v) is 10.8. The number of ketones is 1. The van der Waals surface area contributed by atoms with E-state index in [0.29, 0.717) is 29.3 Å². The molecule has 19 heavy (non-hydrogen) atoms. The lowest BCUT2D eigenvalue weighted by Gasteiger charge is -2.09. The van der Waals surface area contributed by atoms with E-state index in [-0.39, 0.29) is 5.78 Å². The van der Waals surface area contributed by atoms with Gasteiger partial charge in [-0.3, -0.25) is 9.78 Å². The van der Waals surface area contributed by atoms with Gasteiger partial charge in [0, 0.05) is 0 Å². The predicted octanol–water partition coefficient (Wildman–Crippen LogP) is 2.68. The van der Waals surface area contributed by atoms with E-state index in [2.05, 4.69) is 4.98 Å². The first-order valence-corrected chi connectivity index (χ1v) is 6.20. The van der Waals surface area contributed by atoms with Crippen LogP contribution in [0.25, 0.3) is 0 Å². The van der Waals surface area contributed by atoms with Gasteiger partial charge < -0.3 is 10.5 Å². The van der Waals surface area contributed by atoms with Crippen molar-refractivity contribution in [2.75, 3.05) is 12.3 Å². The molecule has 1 aromatic heterocycles. The van der Waals surface area contributed by atoms with Crippen LogP contribution in [0.15, 0.2) is 42.6 Å². The van der Waals surface area contributed by atoms with E-state index in [1.807, 2.05) is 19.1 Å². The van der Waals surface area contributed by atoms with Crippen molar-refractivity contribution < 1.29 is 9.53 Å². The normalized spacial score (nSPS) is 10.2. The number of anilines is 1. The summed E-state index contributed by atoms with van der Waals surface area (Å²) in [5, 5.41) is 0. The Morgan fingerprint density at radius 2 is 2.05 bits per heavy atom. The number of hydrogen-bond donors (Lipinski definition) is 1. The first-order valence-electron chi connectivity index (χ1n) is 6.20. The molecule has 0 unspecified atom stereocenters. The molecular formula is C15H16N2O2. The SMILES string of the molecule is CCCOc1ccccc1C(=O)c1ccc(N)cn1. The molecule has 1 heterocycles. The third kappa shape index (κ3) is 3.10. The maximum atomic E-state index is 12.4. The van der Waals surface area contributed by atoms with Gasteiger partial charge in [0.2, 0.25) is 5.78 Å². The van der Waals surface area contributed by atoms with Crippen molar-refractivity contribution >= 4 is 11.5 Å². The number of ether oxygens (including phenoxy) is 1. The predicted molar refractivity (Wildman–Crippen MR) is 74.3 cm³/mol. The molecule has 0 saturated heterocycles. The van der Waals surface area contributed by atoms with Crippen LogP contribution in [0.3, 0.4) is 0 Å². The Morgan fingerprint density at radius 1 is 1.26 bits per heavy atom. The first kappa shape index (κ1) is 13.1. The van der Waals surface area contributed by atoms with E-state index in [0.717, 1.165) is 6.42 Å². The van der Waals surface area contributed by atoms with Crippen LogP contribution in [0.1, 0.15) is 29.4 Å². The number of nitrogens with zero attached hydrogens (tertiary/aromatic N) is 1. The molecule has 0 aliphatic carbocycles. The van der Waals surface area contributed by atoms with Gasteiger partial charge in [-0.1, -0.05) is 19.1 Å². The summed E-state index contributed by atoms with van der Waals surface area (Å²) in [6.45, 7) is 2.60. The van der Waals surface area contributed by atoms with Gasteiger partial charge in [-0.15, -0.1) is 0 Å². The topological polar surface area (TPSA) is 65.2 Å². The summed E-state index contributed by atoms with van der Waals surface area (Å²) in [5.41, 5.74) is 6.98. The minimum absolute atomic E-state index is 0.160. The Hall–Kier alpha value is -2.36. The quantitative estimate of drug-likeness (QED) is 0.835. The lowest BCUT2D eigenvalue weighted by Crippen LogP contribution is -2.07. The number of para-hydroxylation sites is 1. The van der Waals surface area contributed by atoms with Crippen LogP contribution >= 0.6 is 0 Å². The van der Waals surface area contributed by atoms with Gasteiger partial charge in [0.05, 0.1) is 24.1 Å². The van der Waals surface area contributed by atoms with Crippen LogP contribution in [-0.2, 0) is 0 Å². The van der Waals surface area contributed by atoms with Crippen LogP contribution < -0.4 is 10.5 Å². The highest BCUT2D eigenvalue weighted by Crippen LogP contribution is 2.21. The second kappa shape index (κ2) is 6.00. The largest absolute Gasteiger partial charge is 0.493 e. The molecule has 0 aliphatic heterocycles. The summed E-state index contributed by atoms with van der Waals surface area (Å²) in [4.78, 5) is 16.4. The van der Waals surface area contributed by atoms with E-state index in [9.17, 15) is 4.79 Å². The Morgan fingerprint density at radius 3 is 2.74 bits per heavy atom. The van der Waals surface area contributed by atoms with Gasteiger partial charge in [0.25, 0.3) is 0 Å². The van der Waals surface area contributed by atoms with Gasteiger partial charge >= 0.3 is 0 Å². The number of carbonyl (C=O) groups is 1. The summed E-state index contributed by atoms with van der Waals surface area (Å²) < 4.78 is 5.58. The average Bonchev–Trinajstić information content (AvgIpc) is 2.45. The minimum Gasteiger partial charge on any atom is -0.493 e. The van der Waals surface area contributed by atoms with E-state index >= 15 is 0 Å². The molecule has 98 valence electrons. The highest BCUT2D eigenvalue weighted by atomic mass is 16.5. The highest BCUT2D eigenvalue weighted by molar-refractivity contribution is 6.09. The molecular weight excluding hydrogens is 240 g/mol. The van der Waals surface area contributed by atoms with E-state index < -0.39 is 0 Å².